The van der Waals surface area contributed by atoms with Gasteiger partial charge in [0, 0.05) is 0 Å². The Hall–Kier alpha value is -3.22. The summed E-state index contributed by atoms with van der Waals surface area (Å²) >= 11 is 0. The lowest BCUT2D eigenvalue weighted by Crippen LogP contribution is -2.48. The third-order valence-electron chi connectivity index (χ3n) is 3.59. The highest BCUT2D eigenvalue weighted by Gasteiger charge is 2.25. The molecule has 2 aromatic rings. The molecule has 0 saturated carbocycles. The molecule has 0 aromatic heterocycles. The van der Waals surface area contributed by atoms with Gasteiger partial charge in [0.05, 0.1) is 19.3 Å². The van der Waals surface area contributed by atoms with Crippen molar-refractivity contribution in [2.45, 2.75) is 39.9 Å². The van der Waals surface area contributed by atoms with Crippen LogP contribution in [0.15, 0.2) is 48.5 Å². The molecule has 1 N–H and O–H groups in total. The monoisotopic (exact) mass is 386 g/mol. The van der Waals surface area contributed by atoms with Crippen LogP contribution in [0.2, 0.25) is 0 Å². The fourth-order valence-electron chi connectivity index (χ4n) is 2.47. The molecular formula is C21H26N2O5. The van der Waals surface area contributed by atoms with Crippen molar-refractivity contribution in [1.29, 1.82) is 0 Å². The smallest absolute Gasteiger partial charge is 0.433 e. The van der Waals surface area contributed by atoms with Gasteiger partial charge in [0.25, 0.3) is 0 Å². The summed E-state index contributed by atoms with van der Waals surface area (Å²) in [5, 5.41) is 0.996. The summed E-state index contributed by atoms with van der Waals surface area (Å²) in [4.78, 5) is 24.8. The molecule has 2 rings (SSSR count). The minimum absolute atomic E-state index is 0.329. The van der Waals surface area contributed by atoms with E-state index in [0.717, 1.165) is 16.1 Å². The molecule has 2 aromatic carbocycles. The highest BCUT2D eigenvalue weighted by atomic mass is 16.6. The van der Waals surface area contributed by atoms with E-state index in [1.807, 2.05) is 36.4 Å². The second kappa shape index (κ2) is 9.64. The van der Waals surface area contributed by atoms with Crippen molar-refractivity contribution in [3.05, 3.63) is 48.5 Å². The van der Waals surface area contributed by atoms with Crippen LogP contribution in [0, 0.1) is 0 Å². The average Bonchev–Trinajstić information content (AvgIpc) is 2.65. The number of rotatable bonds is 5. The van der Waals surface area contributed by atoms with E-state index in [4.69, 9.17) is 14.2 Å². The van der Waals surface area contributed by atoms with Gasteiger partial charge in [-0.2, -0.15) is 5.01 Å². The zero-order valence-electron chi connectivity index (χ0n) is 16.8. The summed E-state index contributed by atoms with van der Waals surface area (Å²) in [5.41, 5.74) is 4.57. The number of methoxy groups -OCH3 is 1. The van der Waals surface area contributed by atoms with Crippen LogP contribution >= 0.6 is 0 Å². The number of benzene rings is 2. The summed E-state index contributed by atoms with van der Waals surface area (Å²) in [6, 6.07) is 15.0. The van der Waals surface area contributed by atoms with Crippen LogP contribution in [-0.2, 0) is 9.47 Å². The summed E-state index contributed by atoms with van der Waals surface area (Å²) < 4.78 is 15.8. The van der Waals surface area contributed by atoms with Gasteiger partial charge in [-0.15, -0.1) is 0 Å². The van der Waals surface area contributed by atoms with Gasteiger partial charge >= 0.3 is 12.2 Å². The molecule has 7 nitrogen and oxygen atoms in total. The Kier molecular flexibility index (Phi) is 7.26. The van der Waals surface area contributed by atoms with E-state index in [1.54, 1.807) is 39.8 Å². The normalized spacial score (nSPS) is 10.5. The van der Waals surface area contributed by atoms with E-state index in [1.165, 1.54) is 7.11 Å². The quantitative estimate of drug-likeness (QED) is 0.750. The highest BCUT2D eigenvalue weighted by Crippen LogP contribution is 2.33. The Morgan fingerprint density at radius 1 is 0.893 bits per heavy atom. The van der Waals surface area contributed by atoms with E-state index in [-0.39, 0.29) is 12.2 Å². The molecule has 28 heavy (non-hydrogen) atoms. The van der Waals surface area contributed by atoms with Crippen molar-refractivity contribution in [3.8, 4) is 16.9 Å². The largest absolute Gasteiger partial charge is 0.494 e. The first-order chi connectivity index (χ1) is 13.3. The fourth-order valence-corrected chi connectivity index (χ4v) is 2.47. The Balaban J connectivity index is 2.47. The third kappa shape index (κ3) is 5.64. The number of anilines is 1. The number of hydrogen-bond acceptors (Lipinski definition) is 5. The molecule has 0 aliphatic carbocycles. The van der Waals surface area contributed by atoms with Gasteiger partial charge in [-0.1, -0.05) is 36.4 Å². The number of carbonyl (C=O) groups is 2. The first-order valence-electron chi connectivity index (χ1n) is 9.03. The minimum Gasteiger partial charge on any atom is -0.494 e. The molecule has 0 aliphatic rings. The minimum atomic E-state index is -0.775. The number of carbonyl (C=O) groups excluding carboxylic acids is 2. The number of hydrogen-bond donors (Lipinski definition) is 1. The van der Waals surface area contributed by atoms with Gasteiger partial charge in [-0.25, -0.2) is 15.0 Å². The molecule has 0 aliphatic heterocycles. The predicted molar refractivity (Wildman–Crippen MR) is 107 cm³/mol. The van der Waals surface area contributed by atoms with E-state index >= 15 is 0 Å². The molecule has 0 atom stereocenters. The van der Waals surface area contributed by atoms with Gasteiger partial charge in [0.15, 0.2) is 0 Å². The van der Waals surface area contributed by atoms with Crippen LogP contribution in [-0.4, -0.2) is 31.5 Å². The van der Waals surface area contributed by atoms with E-state index in [9.17, 15) is 9.59 Å². The van der Waals surface area contributed by atoms with E-state index < -0.39 is 12.2 Å². The van der Waals surface area contributed by atoms with Gasteiger partial charge in [0.1, 0.15) is 11.4 Å². The third-order valence-corrected chi connectivity index (χ3v) is 3.59. The maximum absolute atomic E-state index is 12.7. The SMILES string of the molecule is COc1ccc(-c2ccccc2)cc1N(NC(=O)OC(C)C)C(=O)OC(C)C. The molecule has 150 valence electrons. The van der Waals surface area contributed by atoms with Crippen LogP contribution in [0.4, 0.5) is 15.3 Å². The lowest BCUT2D eigenvalue weighted by Gasteiger charge is -2.25. The molecular weight excluding hydrogens is 360 g/mol. The van der Waals surface area contributed by atoms with Crippen molar-refractivity contribution in [2.24, 2.45) is 0 Å². The van der Waals surface area contributed by atoms with Crippen molar-refractivity contribution >= 4 is 17.9 Å². The van der Waals surface area contributed by atoms with Gasteiger partial charge in [-0.05, 0) is 51.0 Å². The molecule has 0 unspecified atom stereocenters. The Labute approximate surface area is 165 Å². The summed E-state index contributed by atoms with van der Waals surface area (Å²) in [6.07, 6.45) is -2.25. The van der Waals surface area contributed by atoms with Crippen LogP contribution in [0.3, 0.4) is 0 Å². The zero-order valence-corrected chi connectivity index (χ0v) is 16.8. The first-order valence-corrected chi connectivity index (χ1v) is 9.03. The van der Waals surface area contributed by atoms with E-state index in [0.29, 0.717) is 11.4 Å². The van der Waals surface area contributed by atoms with Crippen LogP contribution in [0.25, 0.3) is 11.1 Å². The first kappa shape index (κ1) is 21.1. The van der Waals surface area contributed by atoms with Gasteiger partial charge in [0.2, 0.25) is 0 Å². The van der Waals surface area contributed by atoms with E-state index in [2.05, 4.69) is 5.43 Å². The predicted octanol–water partition coefficient (Wildman–Crippen LogP) is 4.76. The van der Waals surface area contributed by atoms with Crippen LogP contribution < -0.4 is 15.2 Å². The highest BCUT2D eigenvalue weighted by molar-refractivity contribution is 5.93. The fraction of sp³-hybridized carbons (Fsp3) is 0.333. The van der Waals surface area contributed by atoms with Crippen molar-refractivity contribution in [2.75, 3.05) is 12.1 Å². The number of hydrazine groups is 1. The van der Waals surface area contributed by atoms with Gasteiger partial charge < -0.3 is 14.2 Å². The second-order valence-electron chi connectivity index (χ2n) is 6.59. The molecule has 0 bridgehead atoms. The Morgan fingerprint density at radius 3 is 2.11 bits per heavy atom. The standard InChI is InChI=1S/C21H26N2O5/c1-14(2)27-20(24)22-23(21(25)28-15(3)4)18-13-17(11-12-19(18)26-5)16-9-7-6-8-10-16/h6-15H,1-5H3,(H,22,24). The molecule has 0 fully saturated rings. The van der Waals surface area contributed by atoms with Crippen LogP contribution in [0.1, 0.15) is 27.7 Å². The molecule has 0 saturated heterocycles. The maximum Gasteiger partial charge on any atom is 0.433 e. The molecule has 0 heterocycles. The summed E-state index contributed by atoms with van der Waals surface area (Å²) in [7, 11) is 1.49. The summed E-state index contributed by atoms with van der Waals surface area (Å²) in [6.45, 7) is 6.88. The molecule has 2 amide bonds. The maximum atomic E-state index is 12.7. The molecule has 0 radical (unpaired) electrons. The van der Waals surface area contributed by atoms with Crippen molar-refractivity contribution in [3.63, 3.8) is 0 Å². The average molecular weight is 386 g/mol. The number of nitrogens with one attached hydrogen (secondary N) is 1. The Bertz CT molecular complexity index is 806. The molecule has 0 spiro atoms. The lowest BCUT2D eigenvalue weighted by atomic mass is 10.0. The number of ether oxygens (including phenoxy) is 3. The zero-order chi connectivity index (χ0) is 20.7. The van der Waals surface area contributed by atoms with Crippen LogP contribution in [0.5, 0.6) is 5.75 Å². The van der Waals surface area contributed by atoms with Crippen molar-refractivity contribution in [1.82, 2.24) is 5.43 Å². The summed E-state index contributed by atoms with van der Waals surface area (Å²) in [5.74, 6) is 0.394. The lowest BCUT2D eigenvalue weighted by molar-refractivity contribution is 0.103. The number of amides is 2. The molecule has 7 heteroatoms. The van der Waals surface area contributed by atoms with Crippen molar-refractivity contribution < 1.29 is 23.8 Å². The van der Waals surface area contributed by atoms with Gasteiger partial charge in [-0.3, -0.25) is 0 Å². The second-order valence-corrected chi connectivity index (χ2v) is 6.59. The Morgan fingerprint density at radius 2 is 1.54 bits per heavy atom. The topological polar surface area (TPSA) is 77.1 Å². The number of nitrogens with zero attached hydrogens (tertiary/aromatic N) is 1.